The van der Waals surface area contributed by atoms with E-state index in [0.29, 0.717) is 28.9 Å². The van der Waals surface area contributed by atoms with E-state index in [1.54, 1.807) is 22.8 Å². The van der Waals surface area contributed by atoms with E-state index in [0.717, 1.165) is 0 Å². The van der Waals surface area contributed by atoms with Gasteiger partial charge in [0.15, 0.2) is 16.6 Å². The summed E-state index contributed by atoms with van der Waals surface area (Å²) >= 11 is 1.38. The van der Waals surface area contributed by atoms with E-state index in [1.807, 2.05) is 19.2 Å². The maximum atomic E-state index is 11.9. The van der Waals surface area contributed by atoms with Crippen LogP contribution in [0.3, 0.4) is 0 Å². The SMILES string of the molecule is CC(C)Oc1ccc2nnc(CCC(=O)Nc3nccs3)n2n1. The van der Waals surface area contributed by atoms with Crippen molar-refractivity contribution < 1.29 is 9.53 Å². The van der Waals surface area contributed by atoms with E-state index in [1.165, 1.54) is 11.3 Å². The van der Waals surface area contributed by atoms with Crippen molar-refractivity contribution >= 4 is 28.0 Å². The van der Waals surface area contributed by atoms with Crippen molar-refractivity contribution in [2.75, 3.05) is 5.32 Å². The number of hydrogen-bond donors (Lipinski definition) is 1. The van der Waals surface area contributed by atoms with Crippen molar-refractivity contribution in [3.05, 3.63) is 29.5 Å². The molecule has 3 aromatic heterocycles. The van der Waals surface area contributed by atoms with E-state index < -0.39 is 0 Å². The average Bonchev–Trinajstić information content (AvgIpc) is 3.14. The molecular formula is C14H16N6O2S. The highest BCUT2D eigenvalue weighted by Crippen LogP contribution is 2.13. The topological polar surface area (TPSA) is 94.3 Å². The number of nitrogens with one attached hydrogen (secondary N) is 1. The van der Waals surface area contributed by atoms with Gasteiger partial charge in [-0.1, -0.05) is 0 Å². The first-order valence-electron chi connectivity index (χ1n) is 7.19. The van der Waals surface area contributed by atoms with Crippen LogP contribution in [0.2, 0.25) is 0 Å². The number of nitrogens with zero attached hydrogens (tertiary/aromatic N) is 5. The van der Waals surface area contributed by atoms with Crippen LogP contribution in [0.4, 0.5) is 5.13 Å². The third-order valence-corrected chi connectivity index (χ3v) is 3.60. The van der Waals surface area contributed by atoms with Gasteiger partial charge in [-0.3, -0.25) is 4.79 Å². The molecule has 0 saturated heterocycles. The summed E-state index contributed by atoms with van der Waals surface area (Å²) in [7, 11) is 0. The van der Waals surface area contributed by atoms with Crippen LogP contribution >= 0.6 is 11.3 Å². The lowest BCUT2D eigenvalue weighted by Gasteiger charge is -2.08. The van der Waals surface area contributed by atoms with E-state index in [-0.39, 0.29) is 18.4 Å². The van der Waals surface area contributed by atoms with Crippen molar-refractivity contribution in [2.45, 2.75) is 32.8 Å². The molecule has 1 N–H and O–H groups in total. The van der Waals surface area contributed by atoms with Crippen LogP contribution in [0.5, 0.6) is 5.88 Å². The Bertz CT molecular complexity index is 799. The minimum atomic E-state index is -0.119. The van der Waals surface area contributed by atoms with Crippen LogP contribution < -0.4 is 10.1 Å². The molecule has 9 heteroatoms. The second-order valence-corrected chi connectivity index (χ2v) is 6.00. The Labute approximate surface area is 136 Å². The Morgan fingerprint density at radius 1 is 1.39 bits per heavy atom. The number of amides is 1. The van der Waals surface area contributed by atoms with Crippen LogP contribution in [-0.2, 0) is 11.2 Å². The Balaban J connectivity index is 1.68. The second kappa shape index (κ2) is 6.69. The van der Waals surface area contributed by atoms with Gasteiger partial charge < -0.3 is 10.1 Å². The normalized spacial score (nSPS) is 11.1. The number of thiazole rings is 1. The standard InChI is InChI=1S/C14H16N6O2S/c1-9(2)22-13-6-4-11-18-17-10(20(11)19-13)3-5-12(21)16-14-15-7-8-23-14/h4,6-9H,3,5H2,1-2H3,(H,15,16,21). The number of rotatable bonds is 6. The van der Waals surface area contributed by atoms with Gasteiger partial charge in [0.05, 0.1) is 6.10 Å². The van der Waals surface area contributed by atoms with Crippen molar-refractivity contribution in [3.8, 4) is 5.88 Å². The summed E-state index contributed by atoms with van der Waals surface area (Å²) < 4.78 is 7.17. The van der Waals surface area contributed by atoms with Gasteiger partial charge in [0.1, 0.15) is 0 Å². The molecule has 0 radical (unpaired) electrons. The Morgan fingerprint density at radius 2 is 2.26 bits per heavy atom. The molecule has 8 nitrogen and oxygen atoms in total. The van der Waals surface area contributed by atoms with Crippen LogP contribution in [0.25, 0.3) is 5.65 Å². The summed E-state index contributed by atoms with van der Waals surface area (Å²) in [4.78, 5) is 15.9. The maximum absolute atomic E-state index is 11.9. The average molecular weight is 332 g/mol. The fourth-order valence-electron chi connectivity index (χ4n) is 1.97. The number of hydrogen-bond acceptors (Lipinski definition) is 7. The monoisotopic (exact) mass is 332 g/mol. The summed E-state index contributed by atoms with van der Waals surface area (Å²) in [5.41, 5.74) is 0.622. The number of anilines is 1. The molecule has 120 valence electrons. The lowest BCUT2D eigenvalue weighted by atomic mass is 10.3. The highest BCUT2D eigenvalue weighted by Gasteiger charge is 2.11. The Morgan fingerprint density at radius 3 is 3.00 bits per heavy atom. The van der Waals surface area contributed by atoms with E-state index in [9.17, 15) is 4.79 Å². The number of ether oxygens (including phenoxy) is 1. The Hall–Kier alpha value is -2.55. The minimum absolute atomic E-state index is 0.0314. The molecule has 0 aliphatic rings. The van der Waals surface area contributed by atoms with Crippen molar-refractivity contribution in [3.63, 3.8) is 0 Å². The minimum Gasteiger partial charge on any atom is -0.474 e. The molecule has 3 aromatic rings. The summed E-state index contributed by atoms with van der Waals surface area (Å²) in [6, 6.07) is 3.54. The predicted molar refractivity (Wildman–Crippen MR) is 85.6 cm³/mol. The third-order valence-electron chi connectivity index (χ3n) is 2.91. The van der Waals surface area contributed by atoms with Crippen molar-refractivity contribution in [1.29, 1.82) is 0 Å². The zero-order valence-electron chi connectivity index (χ0n) is 12.8. The predicted octanol–water partition coefficient (Wildman–Crippen LogP) is 1.94. The molecule has 3 heterocycles. The molecule has 0 aromatic carbocycles. The second-order valence-electron chi connectivity index (χ2n) is 5.11. The summed E-state index contributed by atoms with van der Waals surface area (Å²) in [5, 5.41) is 17.6. The van der Waals surface area contributed by atoms with Crippen molar-refractivity contribution in [1.82, 2.24) is 24.8 Å². The van der Waals surface area contributed by atoms with E-state index in [4.69, 9.17) is 4.74 Å². The van der Waals surface area contributed by atoms with Gasteiger partial charge in [0, 0.05) is 30.5 Å². The lowest BCUT2D eigenvalue weighted by molar-refractivity contribution is -0.116. The number of aryl methyl sites for hydroxylation is 1. The highest BCUT2D eigenvalue weighted by atomic mass is 32.1. The van der Waals surface area contributed by atoms with Crippen LogP contribution in [-0.4, -0.2) is 36.8 Å². The summed E-state index contributed by atoms with van der Waals surface area (Å²) in [6.07, 6.45) is 2.38. The molecule has 0 saturated carbocycles. The first-order valence-corrected chi connectivity index (χ1v) is 8.07. The highest BCUT2D eigenvalue weighted by molar-refractivity contribution is 7.13. The number of aromatic nitrogens is 5. The molecule has 23 heavy (non-hydrogen) atoms. The van der Waals surface area contributed by atoms with Gasteiger partial charge in [-0.15, -0.1) is 26.6 Å². The smallest absolute Gasteiger partial charge is 0.232 e. The first-order chi connectivity index (χ1) is 11.1. The molecular weight excluding hydrogens is 316 g/mol. The van der Waals surface area contributed by atoms with Crippen LogP contribution in [0.15, 0.2) is 23.7 Å². The fourth-order valence-corrected chi connectivity index (χ4v) is 2.51. The quantitative estimate of drug-likeness (QED) is 0.741. The number of fused-ring (bicyclic) bond motifs is 1. The molecule has 0 fully saturated rings. The lowest BCUT2D eigenvalue weighted by Crippen LogP contribution is -2.13. The molecule has 0 unspecified atom stereocenters. The zero-order chi connectivity index (χ0) is 16.2. The molecule has 0 spiro atoms. The molecule has 3 rings (SSSR count). The largest absolute Gasteiger partial charge is 0.474 e. The third kappa shape index (κ3) is 3.81. The van der Waals surface area contributed by atoms with E-state index >= 15 is 0 Å². The molecule has 1 amide bonds. The van der Waals surface area contributed by atoms with Gasteiger partial charge >= 0.3 is 0 Å². The summed E-state index contributed by atoms with van der Waals surface area (Å²) in [6.45, 7) is 3.86. The van der Waals surface area contributed by atoms with E-state index in [2.05, 4.69) is 25.6 Å². The van der Waals surface area contributed by atoms with Gasteiger partial charge in [-0.2, -0.15) is 4.52 Å². The van der Waals surface area contributed by atoms with Gasteiger partial charge in [-0.05, 0) is 19.9 Å². The first kappa shape index (κ1) is 15.3. The maximum Gasteiger partial charge on any atom is 0.232 e. The van der Waals surface area contributed by atoms with Crippen LogP contribution in [0, 0.1) is 0 Å². The molecule has 0 aliphatic carbocycles. The van der Waals surface area contributed by atoms with Gasteiger partial charge in [-0.25, -0.2) is 4.98 Å². The number of carbonyl (C=O) groups is 1. The van der Waals surface area contributed by atoms with Crippen molar-refractivity contribution in [2.24, 2.45) is 0 Å². The molecule has 0 bridgehead atoms. The number of carbonyl (C=O) groups excluding carboxylic acids is 1. The van der Waals surface area contributed by atoms with Gasteiger partial charge in [0.25, 0.3) is 0 Å². The summed E-state index contributed by atoms with van der Waals surface area (Å²) in [5.74, 6) is 0.996. The fraction of sp³-hybridized carbons (Fsp3) is 0.357. The molecule has 0 atom stereocenters. The van der Waals surface area contributed by atoms with Crippen LogP contribution in [0.1, 0.15) is 26.1 Å². The Kier molecular flexibility index (Phi) is 4.47. The molecule has 0 aliphatic heterocycles. The van der Waals surface area contributed by atoms with Gasteiger partial charge in [0.2, 0.25) is 11.8 Å². The zero-order valence-corrected chi connectivity index (χ0v) is 13.6.